The largest absolute Gasteiger partial charge is 0.360 e. The third-order valence-corrected chi connectivity index (χ3v) is 4.87. The molecule has 2 heterocycles. The molecule has 24 heavy (non-hydrogen) atoms. The molecule has 0 radical (unpaired) electrons. The van der Waals surface area contributed by atoms with E-state index in [2.05, 4.69) is 23.9 Å². The average molecular weight is 348 g/mol. The van der Waals surface area contributed by atoms with E-state index in [1.807, 2.05) is 23.1 Å². The molecule has 1 aromatic carbocycles. The summed E-state index contributed by atoms with van der Waals surface area (Å²) in [7, 11) is 0. The van der Waals surface area contributed by atoms with Crippen molar-refractivity contribution in [1.82, 2.24) is 15.0 Å². The van der Waals surface area contributed by atoms with Crippen molar-refractivity contribution >= 4 is 17.5 Å². The van der Waals surface area contributed by atoms with Crippen LogP contribution < -0.4 is 0 Å². The van der Waals surface area contributed by atoms with Gasteiger partial charge in [-0.1, -0.05) is 35.0 Å². The number of carbonyl (C=O) groups is 1. The van der Waals surface area contributed by atoms with Gasteiger partial charge in [0, 0.05) is 37.8 Å². The zero-order valence-electron chi connectivity index (χ0n) is 14.3. The van der Waals surface area contributed by atoms with Crippen LogP contribution in [0, 0.1) is 6.92 Å². The number of aryl methyl sites for hydroxylation is 1. The quantitative estimate of drug-likeness (QED) is 0.853. The highest BCUT2D eigenvalue weighted by Crippen LogP contribution is 2.31. The third kappa shape index (κ3) is 3.19. The minimum atomic E-state index is -0.0351. The van der Waals surface area contributed by atoms with Crippen molar-refractivity contribution in [3.05, 3.63) is 40.6 Å². The van der Waals surface area contributed by atoms with E-state index in [0.717, 1.165) is 18.7 Å². The summed E-state index contributed by atoms with van der Waals surface area (Å²) >= 11 is 6.27. The first-order valence-corrected chi connectivity index (χ1v) is 8.61. The Bertz CT molecular complexity index is 734. The minimum absolute atomic E-state index is 0.0351. The maximum atomic E-state index is 13.0. The predicted octanol–water partition coefficient (Wildman–Crippen LogP) is 3.47. The van der Waals surface area contributed by atoms with Gasteiger partial charge in [0.05, 0.1) is 5.02 Å². The molecule has 1 fully saturated rings. The molecule has 0 unspecified atom stereocenters. The summed E-state index contributed by atoms with van der Waals surface area (Å²) in [4.78, 5) is 17.3. The van der Waals surface area contributed by atoms with E-state index in [1.54, 1.807) is 13.0 Å². The second kappa shape index (κ2) is 6.95. The summed E-state index contributed by atoms with van der Waals surface area (Å²) in [6.45, 7) is 9.32. The second-order valence-corrected chi connectivity index (χ2v) is 6.77. The summed E-state index contributed by atoms with van der Waals surface area (Å²) in [6.07, 6.45) is 0. The third-order valence-electron chi connectivity index (χ3n) is 4.54. The molecule has 1 aliphatic rings. The molecule has 0 spiro atoms. The summed E-state index contributed by atoms with van der Waals surface area (Å²) in [5.74, 6) is 0.494. The lowest BCUT2D eigenvalue weighted by Gasteiger charge is -2.36. The van der Waals surface area contributed by atoms with Crippen LogP contribution in [0.1, 0.15) is 30.0 Å². The number of hydrogen-bond donors (Lipinski definition) is 0. The molecular formula is C18H22ClN3O2. The molecule has 0 aliphatic carbocycles. The number of nitrogens with zero attached hydrogens (tertiary/aromatic N) is 3. The highest BCUT2D eigenvalue weighted by atomic mass is 35.5. The van der Waals surface area contributed by atoms with E-state index in [1.165, 1.54) is 0 Å². The lowest BCUT2D eigenvalue weighted by molar-refractivity contribution is 0.0594. The number of piperazine rings is 1. The number of amides is 1. The molecule has 6 heteroatoms. The van der Waals surface area contributed by atoms with Gasteiger partial charge in [0.25, 0.3) is 5.91 Å². The Morgan fingerprint density at radius 2 is 1.88 bits per heavy atom. The Labute approximate surface area is 147 Å². The van der Waals surface area contributed by atoms with Gasteiger partial charge in [-0.3, -0.25) is 9.69 Å². The fourth-order valence-electron chi connectivity index (χ4n) is 3.06. The molecule has 0 saturated carbocycles. The fraction of sp³-hybridized carbons (Fsp3) is 0.444. The molecule has 3 rings (SSSR count). The first kappa shape index (κ1) is 17.0. The molecular weight excluding hydrogens is 326 g/mol. The monoisotopic (exact) mass is 347 g/mol. The van der Waals surface area contributed by atoms with Crippen molar-refractivity contribution in [2.45, 2.75) is 26.8 Å². The van der Waals surface area contributed by atoms with Crippen LogP contribution in [0.4, 0.5) is 0 Å². The number of rotatable bonds is 3. The van der Waals surface area contributed by atoms with Crippen LogP contribution in [0.2, 0.25) is 5.02 Å². The average Bonchev–Trinajstić information content (AvgIpc) is 2.96. The Balaban J connectivity index is 1.87. The van der Waals surface area contributed by atoms with Crippen LogP contribution in [0.25, 0.3) is 11.3 Å². The molecule has 1 saturated heterocycles. The molecule has 1 aliphatic heterocycles. The Kier molecular flexibility index (Phi) is 4.92. The summed E-state index contributed by atoms with van der Waals surface area (Å²) < 4.78 is 5.31. The molecule has 2 aromatic rings. The van der Waals surface area contributed by atoms with E-state index in [9.17, 15) is 4.79 Å². The standard InChI is InChI=1S/C18H22ClN3O2/c1-12(2)21-8-10-22(11-9-21)18(23)16-13(3)24-20-17(16)14-6-4-5-7-15(14)19/h4-7,12H,8-11H2,1-3H3. The van der Waals surface area contributed by atoms with Crippen LogP contribution in [0.5, 0.6) is 0 Å². The number of carbonyl (C=O) groups excluding carboxylic acids is 1. The smallest absolute Gasteiger partial charge is 0.259 e. The molecule has 0 bridgehead atoms. The summed E-state index contributed by atoms with van der Waals surface area (Å²) in [5.41, 5.74) is 1.76. The number of aromatic nitrogens is 1. The molecule has 1 amide bonds. The fourth-order valence-corrected chi connectivity index (χ4v) is 3.29. The Morgan fingerprint density at radius 3 is 2.50 bits per heavy atom. The van der Waals surface area contributed by atoms with Crippen LogP contribution >= 0.6 is 11.6 Å². The van der Waals surface area contributed by atoms with E-state index in [4.69, 9.17) is 16.1 Å². The number of hydrogen-bond acceptors (Lipinski definition) is 4. The van der Waals surface area contributed by atoms with Crippen LogP contribution in [-0.2, 0) is 0 Å². The van der Waals surface area contributed by atoms with Gasteiger partial charge >= 0.3 is 0 Å². The lowest BCUT2D eigenvalue weighted by Crippen LogP contribution is -2.50. The maximum Gasteiger partial charge on any atom is 0.259 e. The van der Waals surface area contributed by atoms with Gasteiger partial charge in [0.2, 0.25) is 0 Å². The summed E-state index contributed by atoms with van der Waals surface area (Å²) in [5, 5.41) is 4.65. The van der Waals surface area contributed by atoms with Crippen molar-refractivity contribution in [3.8, 4) is 11.3 Å². The topological polar surface area (TPSA) is 49.6 Å². The van der Waals surface area contributed by atoms with Crippen molar-refractivity contribution in [2.75, 3.05) is 26.2 Å². The van der Waals surface area contributed by atoms with Gasteiger partial charge in [-0.25, -0.2) is 0 Å². The minimum Gasteiger partial charge on any atom is -0.360 e. The van der Waals surface area contributed by atoms with Crippen LogP contribution in [0.3, 0.4) is 0 Å². The number of benzene rings is 1. The van der Waals surface area contributed by atoms with Gasteiger partial charge in [0.1, 0.15) is 17.0 Å². The molecule has 128 valence electrons. The van der Waals surface area contributed by atoms with Gasteiger partial charge in [-0.2, -0.15) is 0 Å². The van der Waals surface area contributed by atoms with Gasteiger partial charge in [0.15, 0.2) is 0 Å². The van der Waals surface area contributed by atoms with Crippen molar-refractivity contribution in [3.63, 3.8) is 0 Å². The molecule has 5 nitrogen and oxygen atoms in total. The van der Waals surface area contributed by atoms with E-state index >= 15 is 0 Å². The van der Waals surface area contributed by atoms with E-state index in [0.29, 0.717) is 41.2 Å². The zero-order chi connectivity index (χ0) is 17.3. The van der Waals surface area contributed by atoms with Crippen LogP contribution in [0.15, 0.2) is 28.8 Å². The molecule has 0 atom stereocenters. The molecule has 1 aromatic heterocycles. The predicted molar refractivity (Wildman–Crippen MR) is 94.3 cm³/mol. The first-order chi connectivity index (χ1) is 11.5. The van der Waals surface area contributed by atoms with Crippen molar-refractivity contribution in [2.24, 2.45) is 0 Å². The summed E-state index contributed by atoms with van der Waals surface area (Å²) in [6, 6.07) is 7.87. The SMILES string of the molecule is Cc1onc(-c2ccccc2Cl)c1C(=O)N1CCN(C(C)C)CC1. The van der Waals surface area contributed by atoms with E-state index in [-0.39, 0.29) is 5.91 Å². The van der Waals surface area contributed by atoms with Gasteiger partial charge < -0.3 is 9.42 Å². The normalized spacial score (nSPS) is 16.0. The Morgan fingerprint density at radius 1 is 1.21 bits per heavy atom. The van der Waals surface area contributed by atoms with Gasteiger partial charge in [-0.05, 0) is 26.8 Å². The zero-order valence-corrected chi connectivity index (χ0v) is 15.0. The van der Waals surface area contributed by atoms with Gasteiger partial charge in [-0.15, -0.1) is 0 Å². The molecule has 0 N–H and O–H groups in total. The highest BCUT2D eigenvalue weighted by Gasteiger charge is 2.29. The number of halogens is 1. The second-order valence-electron chi connectivity index (χ2n) is 6.36. The Hall–Kier alpha value is -1.85. The van der Waals surface area contributed by atoms with E-state index < -0.39 is 0 Å². The van der Waals surface area contributed by atoms with Crippen molar-refractivity contribution in [1.29, 1.82) is 0 Å². The first-order valence-electron chi connectivity index (χ1n) is 8.23. The maximum absolute atomic E-state index is 13.0. The van der Waals surface area contributed by atoms with Crippen molar-refractivity contribution < 1.29 is 9.32 Å². The lowest BCUT2D eigenvalue weighted by atomic mass is 10.0. The van der Waals surface area contributed by atoms with Crippen LogP contribution in [-0.4, -0.2) is 53.1 Å². The highest BCUT2D eigenvalue weighted by molar-refractivity contribution is 6.33.